The number of benzene rings is 2. The standard InChI is InChI=1S/C19H20N4O.ClH/c24-19(17-5-3-11-20-17)21-12-14-7-9-15(10-8-14)23-13-22-16-4-1-2-6-18(16)23;/h1-2,4,6-10,13,17,20H,3,5,11-12H2,(H,21,24);1H. The molecule has 4 rings (SSSR count). The van der Waals surface area contributed by atoms with E-state index in [1.807, 2.05) is 36.7 Å². The van der Waals surface area contributed by atoms with E-state index < -0.39 is 0 Å². The lowest BCUT2D eigenvalue weighted by Gasteiger charge is -2.11. The molecule has 3 aromatic rings. The van der Waals surface area contributed by atoms with Gasteiger partial charge in [-0.3, -0.25) is 9.36 Å². The SMILES string of the molecule is Cl.O=C(NCc1ccc(-n2cnc3ccccc32)cc1)C1CCCN1. The van der Waals surface area contributed by atoms with Crippen molar-refractivity contribution in [2.75, 3.05) is 6.54 Å². The van der Waals surface area contributed by atoms with Crippen LogP contribution in [0.1, 0.15) is 18.4 Å². The second kappa shape index (κ2) is 7.68. The molecule has 130 valence electrons. The zero-order valence-corrected chi connectivity index (χ0v) is 14.6. The number of amides is 1. The molecule has 5 nitrogen and oxygen atoms in total. The largest absolute Gasteiger partial charge is 0.351 e. The number of para-hydroxylation sites is 2. The topological polar surface area (TPSA) is 59.0 Å². The van der Waals surface area contributed by atoms with Crippen molar-refractivity contribution in [3.05, 3.63) is 60.4 Å². The van der Waals surface area contributed by atoms with Crippen molar-refractivity contribution in [1.82, 2.24) is 20.2 Å². The van der Waals surface area contributed by atoms with E-state index in [1.165, 1.54) is 0 Å². The Balaban J connectivity index is 0.00000182. The molecule has 0 radical (unpaired) electrons. The van der Waals surface area contributed by atoms with Crippen molar-refractivity contribution in [2.24, 2.45) is 0 Å². The van der Waals surface area contributed by atoms with Gasteiger partial charge in [-0.25, -0.2) is 4.98 Å². The summed E-state index contributed by atoms with van der Waals surface area (Å²) in [5, 5.41) is 6.22. The van der Waals surface area contributed by atoms with E-state index in [4.69, 9.17) is 0 Å². The van der Waals surface area contributed by atoms with E-state index in [0.29, 0.717) is 6.54 Å². The first kappa shape index (κ1) is 17.5. The van der Waals surface area contributed by atoms with Crippen LogP contribution in [0.15, 0.2) is 54.9 Å². The Bertz CT molecular complexity index is 853. The zero-order valence-electron chi connectivity index (χ0n) is 13.8. The van der Waals surface area contributed by atoms with Crippen LogP contribution in [0.25, 0.3) is 16.7 Å². The molecule has 0 aliphatic carbocycles. The smallest absolute Gasteiger partial charge is 0.237 e. The van der Waals surface area contributed by atoms with Crippen LogP contribution in [0, 0.1) is 0 Å². The Kier molecular flexibility index (Phi) is 5.36. The van der Waals surface area contributed by atoms with Crippen LogP contribution < -0.4 is 10.6 Å². The predicted molar refractivity (Wildman–Crippen MR) is 101 cm³/mol. The van der Waals surface area contributed by atoms with Gasteiger partial charge in [0.15, 0.2) is 0 Å². The van der Waals surface area contributed by atoms with E-state index in [0.717, 1.165) is 41.7 Å². The molecule has 6 heteroatoms. The van der Waals surface area contributed by atoms with Crippen LogP contribution >= 0.6 is 12.4 Å². The fraction of sp³-hybridized carbons (Fsp3) is 0.263. The highest BCUT2D eigenvalue weighted by Crippen LogP contribution is 2.18. The molecule has 1 aromatic heterocycles. The van der Waals surface area contributed by atoms with Crippen molar-refractivity contribution >= 4 is 29.3 Å². The molecule has 1 unspecified atom stereocenters. The summed E-state index contributed by atoms with van der Waals surface area (Å²) in [6.07, 6.45) is 3.84. The zero-order chi connectivity index (χ0) is 16.4. The number of nitrogens with zero attached hydrogens (tertiary/aromatic N) is 2. The van der Waals surface area contributed by atoms with Gasteiger partial charge in [-0.05, 0) is 49.2 Å². The minimum absolute atomic E-state index is 0. The average molecular weight is 357 g/mol. The van der Waals surface area contributed by atoms with E-state index >= 15 is 0 Å². The van der Waals surface area contributed by atoms with Crippen LogP contribution in [0.5, 0.6) is 0 Å². The number of halogens is 1. The van der Waals surface area contributed by atoms with Gasteiger partial charge in [0.1, 0.15) is 6.33 Å². The molecule has 25 heavy (non-hydrogen) atoms. The molecule has 2 heterocycles. The van der Waals surface area contributed by atoms with Gasteiger partial charge < -0.3 is 10.6 Å². The number of hydrogen-bond donors (Lipinski definition) is 2. The summed E-state index contributed by atoms with van der Waals surface area (Å²) in [5.74, 6) is 0.0946. The van der Waals surface area contributed by atoms with Crippen LogP contribution in [-0.4, -0.2) is 28.0 Å². The van der Waals surface area contributed by atoms with Crippen LogP contribution in [-0.2, 0) is 11.3 Å². The maximum Gasteiger partial charge on any atom is 0.237 e. The Morgan fingerprint density at radius 2 is 2.00 bits per heavy atom. The molecule has 2 N–H and O–H groups in total. The van der Waals surface area contributed by atoms with E-state index in [9.17, 15) is 4.79 Å². The lowest BCUT2D eigenvalue weighted by molar-refractivity contribution is -0.122. The Hall–Kier alpha value is -2.37. The van der Waals surface area contributed by atoms with E-state index in [1.54, 1.807) is 0 Å². The number of rotatable bonds is 4. The molecule has 0 saturated carbocycles. The third kappa shape index (κ3) is 3.67. The molecular formula is C19H21ClN4O. The summed E-state index contributed by atoms with van der Waals surface area (Å²) >= 11 is 0. The van der Waals surface area contributed by atoms with Gasteiger partial charge in [0.05, 0.1) is 17.1 Å². The van der Waals surface area contributed by atoms with E-state index in [2.05, 4.69) is 38.4 Å². The first-order valence-electron chi connectivity index (χ1n) is 8.34. The van der Waals surface area contributed by atoms with Crippen molar-refractivity contribution in [3.63, 3.8) is 0 Å². The van der Waals surface area contributed by atoms with Gasteiger partial charge in [0.25, 0.3) is 0 Å². The van der Waals surface area contributed by atoms with Gasteiger partial charge in [0.2, 0.25) is 5.91 Å². The predicted octanol–water partition coefficient (Wildman–Crippen LogP) is 2.82. The molecule has 1 aliphatic rings. The Morgan fingerprint density at radius 1 is 1.20 bits per heavy atom. The fourth-order valence-corrected chi connectivity index (χ4v) is 3.16. The molecule has 1 amide bonds. The molecule has 2 aromatic carbocycles. The maximum atomic E-state index is 12.0. The minimum Gasteiger partial charge on any atom is -0.351 e. The molecule has 1 aliphatic heterocycles. The molecular weight excluding hydrogens is 336 g/mol. The minimum atomic E-state index is -0.0263. The summed E-state index contributed by atoms with van der Waals surface area (Å²) in [6, 6.07) is 16.3. The van der Waals surface area contributed by atoms with Crippen molar-refractivity contribution < 1.29 is 4.79 Å². The van der Waals surface area contributed by atoms with Crippen molar-refractivity contribution in [3.8, 4) is 5.69 Å². The van der Waals surface area contributed by atoms with Gasteiger partial charge in [-0.1, -0.05) is 24.3 Å². The first-order valence-corrected chi connectivity index (χ1v) is 8.34. The summed E-state index contributed by atoms with van der Waals surface area (Å²) < 4.78 is 2.07. The number of aromatic nitrogens is 2. The number of carbonyl (C=O) groups excluding carboxylic acids is 1. The quantitative estimate of drug-likeness (QED) is 0.755. The highest BCUT2D eigenvalue weighted by molar-refractivity contribution is 5.85. The van der Waals surface area contributed by atoms with E-state index in [-0.39, 0.29) is 24.4 Å². The Morgan fingerprint density at radius 3 is 2.76 bits per heavy atom. The molecule has 0 spiro atoms. The highest BCUT2D eigenvalue weighted by Gasteiger charge is 2.21. The molecule has 0 bridgehead atoms. The van der Waals surface area contributed by atoms with Crippen LogP contribution in [0.4, 0.5) is 0 Å². The van der Waals surface area contributed by atoms with Gasteiger partial charge in [0, 0.05) is 12.2 Å². The number of carbonyl (C=O) groups is 1. The normalized spacial score (nSPS) is 16.6. The van der Waals surface area contributed by atoms with Gasteiger partial charge in [-0.15, -0.1) is 12.4 Å². The monoisotopic (exact) mass is 356 g/mol. The second-order valence-electron chi connectivity index (χ2n) is 6.14. The van der Waals surface area contributed by atoms with Gasteiger partial charge in [-0.2, -0.15) is 0 Å². The average Bonchev–Trinajstić information content (AvgIpc) is 3.30. The lowest BCUT2D eigenvalue weighted by atomic mass is 10.2. The summed E-state index contributed by atoms with van der Waals surface area (Å²) in [7, 11) is 0. The van der Waals surface area contributed by atoms with Crippen LogP contribution in [0.3, 0.4) is 0 Å². The number of nitrogens with one attached hydrogen (secondary N) is 2. The molecule has 1 saturated heterocycles. The Labute approximate surface area is 152 Å². The summed E-state index contributed by atoms with van der Waals surface area (Å²) in [5.41, 5.74) is 4.23. The van der Waals surface area contributed by atoms with Crippen LogP contribution in [0.2, 0.25) is 0 Å². The second-order valence-corrected chi connectivity index (χ2v) is 6.14. The first-order chi connectivity index (χ1) is 11.8. The third-order valence-electron chi connectivity index (χ3n) is 4.51. The maximum absolute atomic E-state index is 12.0. The number of fused-ring (bicyclic) bond motifs is 1. The summed E-state index contributed by atoms with van der Waals surface area (Å²) in [4.78, 5) is 16.5. The molecule has 1 atom stereocenters. The number of hydrogen-bond acceptors (Lipinski definition) is 3. The summed E-state index contributed by atoms with van der Waals surface area (Å²) in [6.45, 7) is 1.49. The fourth-order valence-electron chi connectivity index (χ4n) is 3.16. The lowest BCUT2D eigenvalue weighted by Crippen LogP contribution is -2.39. The van der Waals surface area contributed by atoms with Crippen molar-refractivity contribution in [1.29, 1.82) is 0 Å². The third-order valence-corrected chi connectivity index (χ3v) is 4.51. The van der Waals surface area contributed by atoms with Crippen molar-refractivity contribution in [2.45, 2.75) is 25.4 Å². The van der Waals surface area contributed by atoms with Gasteiger partial charge >= 0.3 is 0 Å². The molecule has 1 fully saturated rings. The number of imidazole rings is 1. The highest BCUT2D eigenvalue weighted by atomic mass is 35.5.